The van der Waals surface area contributed by atoms with E-state index in [4.69, 9.17) is 9.72 Å². The Morgan fingerprint density at radius 1 is 1.28 bits per heavy atom. The maximum atomic E-state index is 5.71. The molecule has 3 aromatic rings. The van der Waals surface area contributed by atoms with E-state index in [1.54, 1.807) is 18.0 Å². The number of methoxy groups -OCH3 is 1. The molecule has 0 radical (unpaired) electrons. The summed E-state index contributed by atoms with van der Waals surface area (Å²) in [5.74, 6) is 2.54. The predicted octanol–water partition coefficient (Wildman–Crippen LogP) is 6.44. The van der Waals surface area contributed by atoms with Gasteiger partial charge in [-0.3, -0.25) is 0 Å². The lowest BCUT2D eigenvalue weighted by Crippen LogP contribution is -2.10. The Labute approximate surface area is 191 Å². The van der Waals surface area contributed by atoms with Crippen molar-refractivity contribution in [1.82, 2.24) is 14.8 Å². The fourth-order valence-electron chi connectivity index (χ4n) is 3.37. The van der Waals surface area contributed by atoms with Crippen LogP contribution in [0.15, 0.2) is 67.0 Å². The van der Waals surface area contributed by atoms with Crippen LogP contribution in [0.4, 0.5) is 17.3 Å². The molecule has 2 aromatic carbocycles. The minimum absolute atomic E-state index is 0.500. The molecule has 0 fully saturated rings. The first-order chi connectivity index (χ1) is 15.4. The second-order valence-electron chi connectivity index (χ2n) is 7.98. The van der Waals surface area contributed by atoms with Crippen LogP contribution in [0.3, 0.4) is 0 Å². The van der Waals surface area contributed by atoms with E-state index in [1.807, 2.05) is 48.3 Å². The number of rotatable bonds is 9. The SMILES string of the molecule is C=CN(C=C(C)C(C)CC)c1ccc(-c2nc(Nc3ccccc3C)n(C)n2)cc1OC. The van der Waals surface area contributed by atoms with Gasteiger partial charge in [-0.2, -0.15) is 4.98 Å². The molecule has 0 saturated heterocycles. The first-order valence-electron chi connectivity index (χ1n) is 10.9. The molecule has 1 atom stereocenters. The summed E-state index contributed by atoms with van der Waals surface area (Å²) in [5, 5.41) is 7.97. The van der Waals surface area contributed by atoms with Crippen LogP contribution in [0.25, 0.3) is 11.4 Å². The molecule has 0 aliphatic carbocycles. The Kier molecular flexibility index (Phi) is 7.36. The number of para-hydroxylation sites is 1. The van der Waals surface area contributed by atoms with Gasteiger partial charge in [-0.1, -0.05) is 44.2 Å². The van der Waals surface area contributed by atoms with Gasteiger partial charge in [-0.15, -0.1) is 5.10 Å². The molecule has 168 valence electrons. The van der Waals surface area contributed by atoms with Gasteiger partial charge >= 0.3 is 0 Å². The topological polar surface area (TPSA) is 55.2 Å². The Hall–Kier alpha value is -3.54. The van der Waals surface area contributed by atoms with Crippen molar-refractivity contribution in [3.8, 4) is 17.1 Å². The van der Waals surface area contributed by atoms with Crippen molar-refractivity contribution in [1.29, 1.82) is 0 Å². The summed E-state index contributed by atoms with van der Waals surface area (Å²) in [5.41, 5.74) is 5.24. The average Bonchev–Trinajstić information content (AvgIpc) is 3.17. The lowest BCUT2D eigenvalue weighted by Gasteiger charge is -2.21. The van der Waals surface area contributed by atoms with Crippen LogP contribution in [0, 0.1) is 12.8 Å². The summed E-state index contributed by atoms with van der Waals surface area (Å²) < 4.78 is 7.46. The summed E-state index contributed by atoms with van der Waals surface area (Å²) in [6.45, 7) is 12.6. The van der Waals surface area contributed by atoms with Gasteiger partial charge in [0.1, 0.15) is 5.75 Å². The Morgan fingerprint density at radius 2 is 2.03 bits per heavy atom. The van der Waals surface area contributed by atoms with E-state index >= 15 is 0 Å². The molecule has 1 N–H and O–H groups in total. The zero-order valence-electron chi connectivity index (χ0n) is 19.9. The van der Waals surface area contributed by atoms with Gasteiger partial charge in [0, 0.05) is 30.7 Å². The van der Waals surface area contributed by atoms with Crippen molar-refractivity contribution in [2.45, 2.75) is 34.1 Å². The molecular weight excluding hydrogens is 398 g/mol. The molecule has 32 heavy (non-hydrogen) atoms. The number of hydrogen-bond donors (Lipinski definition) is 1. The van der Waals surface area contributed by atoms with Crippen LogP contribution in [0.1, 0.15) is 32.8 Å². The third-order valence-electron chi connectivity index (χ3n) is 5.80. The van der Waals surface area contributed by atoms with Crippen molar-refractivity contribution in [3.63, 3.8) is 0 Å². The highest BCUT2D eigenvalue weighted by Gasteiger charge is 2.15. The average molecular weight is 432 g/mol. The first-order valence-corrected chi connectivity index (χ1v) is 10.9. The molecule has 1 unspecified atom stereocenters. The van der Waals surface area contributed by atoms with Crippen molar-refractivity contribution >= 4 is 17.3 Å². The highest BCUT2D eigenvalue weighted by Crippen LogP contribution is 2.34. The summed E-state index contributed by atoms with van der Waals surface area (Å²) in [6, 6.07) is 14.1. The molecule has 6 heteroatoms. The number of nitrogens with one attached hydrogen (secondary N) is 1. The molecule has 0 spiro atoms. The second kappa shape index (κ2) is 10.2. The largest absolute Gasteiger partial charge is 0.495 e. The zero-order valence-corrected chi connectivity index (χ0v) is 19.9. The van der Waals surface area contributed by atoms with Crippen LogP contribution in [-0.4, -0.2) is 21.9 Å². The Bertz CT molecular complexity index is 1120. The van der Waals surface area contributed by atoms with Crippen molar-refractivity contribution in [2.24, 2.45) is 13.0 Å². The minimum atomic E-state index is 0.500. The van der Waals surface area contributed by atoms with E-state index in [0.717, 1.165) is 34.7 Å². The van der Waals surface area contributed by atoms with Gasteiger partial charge in [0.15, 0.2) is 5.82 Å². The third-order valence-corrected chi connectivity index (χ3v) is 5.80. The van der Waals surface area contributed by atoms with Crippen LogP contribution in [0.2, 0.25) is 0 Å². The van der Waals surface area contributed by atoms with E-state index < -0.39 is 0 Å². The van der Waals surface area contributed by atoms with Gasteiger partial charge in [0.05, 0.1) is 12.8 Å². The summed E-state index contributed by atoms with van der Waals surface area (Å²) in [7, 11) is 3.55. The Balaban J connectivity index is 1.92. The highest BCUT2D eigenvalue weighted by molar-refractivity contribution is 5.71. The molecule has 1 heterocycles. The van der Waals surface area contributed by atoms with E-state index in [1.165, 1.54) is 5.57 Å². The molecule has 0 bridgehead atoms. The van der Waals surface area contributed by atoms with Crippen molar-refractivity contribution in [3.05, 3.63) is 72.6 Å². The lowest BCUT2D eigenvalue weighted by atomic mass is 10.0. The summed E-state index contributed by atoms with van der Waals surface area (Å²) >= 11 is 0. The standard InChI is InChI=1S/C26H33N5O/c1-8-18(3)20(5)17-31(9-2)23-15-14-21(16-24(23)32-7)25-28-26(30(6)29-25)27-22-13-11-10-12-19(22)4/h9-18H,2,8H2,1,3-7H3,(H,27,28,29). The van der Waals surface area contributed by atoms with E-state index in [9.17, 15) is 0 Å². The minimum Gasteiger partial charge on any atom is -0.495 e. The first kappa shape index (κ1) is 23.1. The summed E-state index contributed by atoms with van der Waals surface area (Å²) in [6.07, 6.45) is 5.00. The summed E-state index contributed by atoms with van der Waals surface area (Å²) in [4.78, 5) is 6.71. The monoisotopic (exact) mass is 431 g/mol. The van der Waals surface area contributed by atoms with Gasteiger partial charge < -0.3 is 15.0 Å². The molecule has 0 saturated carbocycles. The number of ether oxygens (including phenoxy) is 1. The van der Waals surface area contributed by atoms with Crippen LogP contribution in [0.5, 0.6) is 5.75 Å². The lowest BCUT2D eigenvalue weighted by molar-refractivity contribution is 0.416. The maximum absolute atomic E-state index is 5.71. The number of anilines is 3. The molecule has 0 aliphatic rings. The van der Waals surface area contributed by atoms with Crippen molar-refractivity contribution in [2.75, 3.05) is 17.3 Å². The van der Waals surface area contributed by atoms with Crippen LogP contribution >= 0.6 is 0 Å². The number of benzene rings is 2. The van der Waals surface area contributed by atoms with E-state index in [0.29, 0.717) is 17.7 Å². The van der Waals surface area contributed by atoms with E-state index in [2.05, 4.69) is 57.0 Å². The smallest absolute Gasteiger partial charge is 0.225 e. The quantitative estimate of drug-likeness (QED) is 0.422. The number of hydrogen-bond acceptors (Lipinski definition) is 5. The van der Waals surface area contributed by atoms with Gasteiger partial charge in [0.2, 0.25) is 5.95 Å². The van der Waals surface area contributed by atoms with E-state index in [-0.39, 0.29) is 0 Å². The molecule has 6 nitrogen and oxygen atoms in total. The number of allylic oxidation sites excluding steroid dienone is 1. The molecular formula is C26H33N5O. The molecule has 0 amide bonds. The van der Waals surface area contributed by atoms with Crippen LogP contribution < -0.4 is 15.0 Å². The Morgan fingerprint density at radius 3 is 2.69 bits per heavy atom. The van der Waals surface area contributed by atoms with Gasteiger partial charge in [-0.25, -0.2) is 4.68 Å². The molecule has 3 rings (SSSR count). The van der Waals surface area contributed by atoms with Crippen molar-refractivity contribution < 1.29 is 4.74 Å². The van der Waals surface area contributed by atoms with Gasteiger partial charge in [-0.05, 0) is 56.0 Å². The third kappa shape index (κ3) is 5.02. The predicted molar refractivity (Wildman–Crippen MR) is 133 cm³/mol. The number of aryl methyl sites for hydroxylation is 2. The normalized spacial score (nSPS) is 12.4. The zero-order chi connectivity index (χ0) is 23.3. The number of nitrogens with zero attached hydrogens (tertiary/aromatic N) is 4. The fourth-order valence-corrected chi connectivity index (χ4v) is 3.37. The number of aromatic nitrogens is 3. The molecule has 1 aromatic heterocycles. The fraction of sp³-hybridized carbons (Fsp3) is 0.308. The van der Waals surface area contributed by atoms with Gasteiger partial charge in [0.25, 0.3) is 0 Å². The molecule has 0 aliphatic heterocycles. The second-order valence-corrected chi connectivity index (χ2v) is 7.98. The van der Waals surface area contributed by atoms with Crippen LogP contribution in [-0.2, 0) is 7.05 Å². The highest BCUT2D eigenvalue weighted by atomic mass is 16.5. The maximum Gasteiger partial charge on any atom is 0.225 e.